The molecule has 0 radical (unpaired) electrons. The number of alkyl halides is 3. The Labute approximate surface area is 167 Å². The summed E-state index contributed by atoms with van der Waals surface area (Å²) in [6.07, 6.45) is -5.41. The Kier molecular flexibility index (Phi) is 6.06. The van der Waals surface area contributed by atoms with Crippen LogP contribution in [0.2, 0.25) is 0 Å². The number of ether oxygens (including phenoxy) is 2. The number of para-hydroxylation sites is 1. The second kappa shape index (κ2) is 8.54. The van der Waals surface area contributed by atoms with Gasteiger partial charge in [0, 0.05) is 18.9 Å². The van der Waals surface area contributed by atoms with E-state index in [0.29, 0.717) is 0 Å². The number of hydrogen-bond donors (Lipinski definition) is 0. The summed E-state index contributed by atoms with van der Waals surface area (Å²) in [5, 5.41) is -0.198. The third kappa shape index (κ3) is 4.43. The topological polar surface area (TPSA) is 66.8 Å². The van der Waals surface area contributed by atoms with Crippen molar-refractivity contribution in [2.45, 2.75) is 12.8 Å². The normalized spacial score (nSPS) is 11.5. The van der Waals surface area contributed by atoms with Crippen LogP contribution >= 0.6 is 0 Å². The summed E-state index contributed by atoms with van der Waals surface area (Å²) >= 11 is 0. The number of carbonyl (C=O) groups excluding carboxylic acids is 2. The van der Waals surface area contributed by atoms with E-state index in [-0.39, 0.29) is 34.4 Å². The fraction of sp³-hybridized carbons (Fsp3) is 0.200. The van der Waals surface area contributed by atoms with Crippen molar-refractivity contribution in [2.75, 3.05) is 13.7 Å². The molecule has 10 heteroatoms. The molecule has 0 amide bonds. The SMILES string of the molecule is COCCc1c(C(=O)OC(=O)c2ccccc2)c2cccc(F)c2n1OC(F)(F)F. The first-order valence-electron chi connectivity index (χ1n) is 8.61. The standard InChI is InChI=1S/C20H15F4NO5/c1-28-11-10-15-16(19(27)29-18(26)12-6-3-2-4-7-12)13-8-5-9-14(21)17(13)25(15)30-20(22,23)24/h2-9H,10-11H2,1H3. The summed E-state index contributed by atoms with van der Waals surface area (Å²) in [4.78, 5) is 29.0. The van der Waals surface area contributed by atoms with Crippen molar-refractivity contribution >= 4 is 22.8 Å². The van der Waals surface area contributed by atoms with Gasteiger partial charge in [0.05, 0.1) is 23.4 Å². The molecule has 30 heavy (non-hydrogen) atoms. The molecule has 0 unspecified atom stereocenters. The first-order valence-corrected chi connectivity index (χ1v) is 8.61. The molecule has 6 nitrogen and oxygen atoms in total. The van der Waals surface area contributed by atoms with Crippen LogP contribution in [0.1, 0.15) is 26.4 Å². The van der Waals surface area contributed by atoms with E-state index < -0.39 is 35.2 Å². The summed E-state index contributed by atoms with van der Waals surface area (Å²) in [5.41, 5.74) is -1.32. The summed E-state index contributed by atoms with van der Waals surface area (Å²) in [7, 11) is 1.30. The van der Waals surface area contributed by atoms with E-state index >= 15 is 0 Å². The fourth-order valence-electron chi connectivity index (χ4n) is 2.94. The highest BCUT2D eigenvalue weighted by Gasteiger charge is 2.36. The predicted octanol–water partition coefficient (Wildman–Crippen LogP) is 3.91. The zero-order valence-corrected chi connectivity index (χ0v) is 15.5. The molecular weight excluding hydrogens is 410 g/mol. The molecule has 1 aromatic heterocycles. The van der Waals surface area contributed by atoms with E-state index in [2.05, 4.69) is 4.84 Å². The zero-order chi connectivity index (χ0) is 21.9. The Morgan fingerprint density at radius 3 is 2.33 bits per heavy atom. The molecule has 1 heterocycles. The van der Waals surface area contributed by atoms with E-state index in [0.717, 1.165) is 6.07 Å². The summed E-state index contributed by atoms with van der Waals surface area (Å²) in [6.45, 7) is -0.105. The fourth-order valence-corrected chi connectivity index (χ4v) is 2.94. The number of benzene rings is 2. The van der Waals surface area contributed by atoms with Gasteiger partial charge >= 0.3 is 18.3 Å². The maximum absolute atomic E-state index is 14.4. The first-order chi connectivity index (χ1) is 14.2. The number of hydrogen-bond acceptors (Lipinski definition) is 5. The number of nitrogens with zero attached hydrogens (tertiary/aromatic N) is 1. The molecule has 3 rings (SSSR count). The summed E-state index contributed by atoms with van der Waals surface area (Å²) < 4.78 is 63.3. The van der Waals surface area contributed by atoms with Gasteiger partial charge in [0.1, 0.15) is 5.52 Å². The highest BCUT2D eigenvalue weighted by molar-refractivity contribution is 6.10. The van der Waals surface area contributed by atoms with Gasteiger partial charge in [-0.2, -0.15) is 4.73 Å². The second-order valence-electron chi connectivity index (χ2n) is 6.07. The molecule has 158 valence electrons. The maximum Gasteiger partial charge on any atom is 0.591 e. The lowest BCUT2D eigenvalue weighted by Crippen LogP contribution is -2.29. The molecule has 0 bridgehead atoms. The molecular formula is C20H15F4NO5. The lowest BCUT2D eigenvalue weighted by Gasteiger charge is -2.14. The van der Waals surface area contributed by atoms with Crippen molar-refractivity contribution in [1.29, 1.82) is 0 Å². The van der Waals surface area contributed by atoms with Gasteiger partial charge in [-0.3, -0.25) is 0 Å². The molecule has 0 N–H and O–H groups in total. The predicted molar refractivity (Wildman–Crippen MR) is 96.3 cm³/mol. The number of esters is 2. The Balaban J connectivity index is 2.13. The smallest absolute Gasteiger partial charge is 0.386 e. The zero-order valence-electron chi connectivity index (χ0n) is 15.5. The molecule has 0 spiro atoms. The van der Waals surface area contributed by atoms with E-state index in [1.54, 1.807) is 18.2 Å². The Bertz CT molecular complexity index is 1080. The molecule has 0 aliphatic carbocycles. The van der Waals surface area contributed by atoms with Crippen LogP contribution in [0.3, 0.4) is 0 Å². The minimum atomic E-state index is -5.17. The van der Waals surface area contributed by atoms with Crippen molar-refractivity contribution < 1.29 is 41.5 Å². The third-order valence-corrected chi connectivity index (χ3v) is 4.13. The highest BCUT2D eigenvalue weighted by atomic mass is 19.4. The molecule has 0 atom stereocenters. The number of fused-ring (bicyclic) bond motifs is 1. The average molecular weight is 425 g/mol. The van der Waals surface area contributed by atoms with Gasteiger partial charge in [-0.15, -0.1) is 13.2 Å². The third-order valence-electron chi connectivity index (χ3n) is 4.13. The largest absolute Gasteiger partial charge is 0.591 e. The summed E-state index contributed by atoms with van der Waals surface area (Å²) in [5.74, 6) is -3.30. The van der Waals surface area contributed by atoms with Gasteiger partial charge in [0.2, 0.25) is 0 Å². The summed E-state index contributed by atoms with van der Waals surface area (Å²) in [6, 6.07) is 10.9. The molecule has 0 aliphatic heterocycles. The van der Waals surface area contributed by atoms with E-state index in [1.165, 1.54) is 31.4 Å². The van der Waals surface area contributed by atoms with Crippen molar-refractivity contribution in [1.82, 2.24) is 4.73 Å². The van der Waals surface area contributed by atoms with Crippen LogP contribution in [0.4, 0.5) is 17.6 Å². The lowest BCUT2D eigenvalue weighted by atomic mass is 10.1. The van der Waals surface area contributed by atoms with Gasteiger partial charge in [-0.05, 0) is 18.2 Å². The van der Waals surface area contributed by atoms with E-state index in [9.17, 15) is 27.2 Å². The molecule has 2 aromatic carbocycles. The number of halogens is 4. The lowest BCUT2D eigenvalue weighted by molar-refractivity contribution is -0.322. The Hall–Kier alpha value is -3.40. The highest BCUT2D eigenvalue weighted by Crippen LogP contribution is 2.31. The maximum atomic E-state index is 14.4. The van der Waals surface area contributed by atoms with E-state index in [1.807, 2.05) is 0 Å². The second-order valence-corrected chi connectivity index (χ2v) is 6.07. The molecule has 0 fully saturated rings. The van der Waals surface area contributed by atoms with Crippen molar-refractivity contribution in [3.63, 3.8) is 0 Å². The Morgan fingerprint density at radius 1 is 1.00 bits per heavy atom. The van der Waals surface area contributed by atoms with Crippen molar-refractivity contribution in [3.8, 4) is 0 Å². The minimum Gasteiger partial charge on any atom is -0.386 e. The van der Waals surface area contributed by atoms with Crippen LogP contribution in [-0.2, 0) is 15.9 Å². The van der Waals surface area contributed by atoms with Crippen LogP contribution in [0, 0.1) is 5.82 Å². The molecule has 0 saturated heterocycles. The van der Waals surface area contributed by atoms with Crippen molar-refractivity contribution in [2.24, 2.45) is 0 Å². The van der Waals surface area contributed by atoms with Crippen LogP contribution in [0.15, 0.2) is 48.5 Å². The first kappa shape index (κ1) is 21.3. The van der Waals surface area contributed by atoms with Gasteiger partial charge in [0.15, 0.2) is 5.82 Å². The van der Waals surface area contributed by atoms with Gasteiger partial charge in [-0.25, -0.2) is 14.0 Å². The van der Waals surface area contributed by atoms with Crippen molar-refractivity contribution in [3.05, 3.63) is 71.2 Å². The van der Waals surface area contributed by atoms with E-state index in [4.69, 9.17) is 9.47 Å². The van der Waals surface area contributed by atoms with Gasteiger partial charge in [0.25, 0.3) is 0 Å². The van der Waals surface area contributed by atoms with Crippen LogP contribution < -0.4 is 4.84 Å². The van der Waals surface area contributed by atoms with Gasteiger partial charge < -0.3 is 14.3 Å². The van der Waals surface area contributed by atoms with Crippen LogP contribution in [0.5, 0.6) is 0 Å². The van der Waals surface area contributed by atoms with Crippen LogP contribution in [-0.4, -0.2) is 36.7 Å². The monoisotopic (exact) mass is 425 g/mol. The number of carbonyl (C=O) groups is 2. The van der Waals surface area contributed by atoms with Gasteiger partial charge in [-0.1, -0.05) is 30.3 Å². The number of rotatable bonds is 6. The Morgan fingerprint density at radius 2 is 1.70 bits per heavy atom. The number of methoxy groups -OCH3 is 1. The van der Waals surface area contributed by atoms with Crippen LogP contribution in [0.25, 0.3) is 10.9 Å². The molecule has 0 aliphatic rings. The number of aromatic nitrogens is 1. The quantitative estimate of drug-likeness (QED) is 0.340. The average Bonchev–Trinajstić information content (AvgIpc) is 2.99. The molecule has 3 aromatic rings. The molecule has 0 saturated carbocycles. The minimum absolute atomic E-state index is 0.0609.